The Labute approximate surface area is 124 Å². The highest BCUT2D eigenvalue weighted by Crippen LogP contribution is 2.23. The van der Waals surface area contributed by atoms with E-state index in [4.69, 9.17) is 15.2 Å². The molecule has 1 unspecified atom stereocenters. The topological polar surface area (TPSA) is 74.0 Å². The fraction of sp³-hybridized carbons (Fsp3) is 0.533. The first-order valence-corrected chi connectivity index (χ1v) is 7.08. The van der Waals surface area contributed by atoms with Crippen molar-refractivity contribution < 1.29 is 19.0 Å². The van der Waals surface area contributed by atoms with E-state index in [-0.39, 0.29) is 6.10 Å². The van der Waals surface area contributed by atoms with Crippen molar-refractivity contribution in [3.8, 4) is 5.75 Å². The van der Waals surface area contributed by atoms with E-state index in [0.717, 1.165) is 26.2 Å². The Morgan fingerprint density at radius 3 is 3.00 bits per heavy atom. The summed E-state index contributed by atoms with van der Waals surface area (Å²) >= 11 is 0. The molecule has 2 N–H and O–H groups in total. The lowest BCUT2D eigenvalue weighted by atomic mass is 10.2. The van der Waals surface area contributed by atoms with Gasteiger partial charge in [-0.15, -0.1) is 0 Å². The van der Waals surface area contributed by atoms with Crippen LogP contribution >= 0.6 is 0 Å². The van der Waals surface area contributed by atoms with Gasteiger partial charge in [0.05, 0.1) is 25.0 Å². The summed E-state index contributed by atoms with van der Waals surface area (Å²) in [7, 11) is 1.34. The normalized spacial score (nSPS) is 19.2. The van der Waals surface area contributed by atoms with Gasteiger partial charge in [-0.05, 0) is 24.7 Å². The summed E-state index contributed by atoms with van der Waals surface area (Å²) in [5.41, 5.74) is 6.73. The maximum absolute atomic E-state index is 11.4. The van der Waals surface area contributed by atoms with Gasteiger partial charge in [-0.25, -0.2) is 4.79 Å². The highest BCUT2D eigenvalue weighted by atomic mass is 16.5. The molecule has 21 heavy (non-hydrogen) atoms. The number of ether oxygens (including phenoxy) is 3. The SMILES string of the molecule is CCN1CCOC(COc2ccc(C(=O)OC)cc2N)C1. The van der Waals surface area contributed by atoms with Crippen LogP contribution in [-0.4, -0.2) is 56.9 Å². The van der Waals surface area contributed by atoms with Crippen LogP contribution in [-0.2, 0) is 9.47 Å². The molecule has 0 amide bonds. The van der Waals surface area contributed by atoms with E-state index in [1.165, 1.54) is 7.11 Å². The molecule has 0 aromatic heterocycles. The average Bonchev–Trinajstić information content (AvgIpc) is 2.53. The van der Waals surface area contributed by atoms with E-state index in [1.54, 1.807) is 18.2 Å². The number of rotatable bonds is 5. The van der Waals surface area contributed by atoms with E-state index >= 15 is 0 Å². The second kappa shape index (κ2) is 7.28. The van der Waals surface area contributed by atoms with Crippen molar-refractivity contribution in [1.29, 1.82) is 0 Å². The summed E-state index contributed by atoms with van der Waals surface area (Å²) in [6, 6.07) is 4.88. The summed E-state index contributed by atoms with van der Waals surface area (Å²) in [5.74, 6) is 0.141. The number of carbonyl (C=O) groups excluding carboxylic acids is 1. The van der Waals surface area contributed by atoms with Gasteiger partial charge in [0.2, 0.25) is 0 Å². The van der Waals surface area contributed by atoms with Crippen molar-refractivity contribution in [3.63, 3.8) is 0 Å². The minimum Gasteiger partial charge on any atom is -0.489 e. The summed E-state index contributed by atoms with van der Waals surface area (Å²) in [4.78, 5) is 13.7. The molecule has 0 radical (unpaired) electrons. The first kappa shape index (κ1) is 15.6. The Hall–Kier alpha value is -1.79. The molecule has 1 fully saturated rings. The Morgan fingerprint density at radius 2 is 2.33 bits per heavy atom. The minimum atomic E-state index is -0.414. The molecule has 1 aliphatic rings. The summed E-state index contributed by atoms with van der Waals surface area (Å²) in [5, 5.41) is 0. The Morgan fingerprint density at radius 1 is 1.52 bits per heavy atom. The zero-order valence-electron chi connectivity index (χ0n) is 12.5. The number of anilines is 1. The molecule has 1 saturated heterocycles. The van der Waals surface area contributed by atoms with Crippen molar-refractivity contribution >= 4 is 11.7 Å². The molecule has 0 saturated carbocycles. The van der Waals surface area contributed by atoms with Crippen LogP contribution in [0.4, 0.5) is 5.69 Å². The molecule has 0 aliphatic carbocycles. The van der Waals surface area contributed by atoms with Crippen LogP contribution in [0, 0.1) is 0 Å². The predicted molar refractivity (Wildman–Crippen MR) is 79.5 cm³/mol. The van der Waals surface area contributed by atoms with Crippen molar-refractivity contribution in [2.45, 2.75) is 13.0 Å². The molecule has 6 heteroatoms. The van der Waals surface area contributed by atoms with Gasteiger partial charge >= 0.3 is 5.97 Å². The summed E-state index contributed by atoms with van der Waals surface area (Å²) in [6.07, 6.45) is 0.0402. The van der Waals surface area contributed by atoms with Crippen molar-refractivity contribution in [2.24, 2.45) is 0 Å². The summed E-state index contributed by atoms with van der Waals surface area (Å²) in [6.45, 7) is 6.12. The monoisotopic (exact) mass is 294 g/mol. The molecule has 1 aromatic rings. The third-order valence-electron chi connectivity index (χ3n) is 3.53. The second-order valence-corrected chi connectivity index (χ2v) is 4.94. The second-order valence-electron chi connectivity index (χ2n) is 4.94. The van der Waals surface area contributed by atoms with Crippen LogP contribution in [0.5, 0.6) is 5.75 Å². The first-order chi connectivity index (χ1) is 10.1. The zero-order chi connectivity index (χ0) is 15.2. The third-order valence-corrected chi connectivity index (χ3v) is 3.53. The van der Waals surface area contributed by atoms with Gasteiger partial charge in [-0.3, -0.25) is 4.90 Å². The van der Waals surface area contributed by atoms with E-state index in [0.29, 0.717) is 23.6 Å². The van der Waals surface area contributed by atoms with E-state index in [2.05, 4.69) is 16.6 Å². The van der Waals surface area contributed by atoms with E-state index < -0.39 is 5.97 Å². The molecule has 0 spiro atoms. The molecular formula is C15H22N2O4. The number of hydrogen-bond acceptors (Lipinski definition) is 6. The number of esters is 1. The van der Waals surface area contributed by atoms with E-state index in [9.17, 15) is 4.79 Å². The fourth-order valence-corrected chi connectivity index (χ4v) is 2.28. The van der Waals surface area contributed by atoms with Gasteiger partial charge in [-0.1, -0.05) is 6.92 Å². The van der Waals surface area contributed by atoms with E-state index in [1.807, 2.05) is 0 Å². The lowest BCUT2D eigenvalue weighted by Gasteiger charge is -2.31. The smallest absolute Gasteiger partial charge is 0.337 e. The molecule has 1 atom stereocenters. The van der Waals surface area contributed by atoms with Crippen molar-refractivity contribution in [1.82, 2.24) is 4.90 Å². The van der Waals surface area contributed by atoms with Gasteiger partial charge in [-0.2, -0.15) is 0 Å². The number of nitrogen functional groups attached to an aromatic ring is 1. The molecule has 1 heterocycles. The number of hydrogen-bond donors (Lipinski definition) is 1. The highest BCUT2D eigenvalue weighted by molar-refractivity contribution is 5.90. The van der Waals surface area contributed by atoms with Gasteiger partial charge < -0.3 is 19.9 Å². The Balaban J connectivity index is 1.92. The Bertz CT molecular complexity index is 493. The number of benzene rings is 1. The van der Waals surface area contributed by atoms with Crippen LogP contribution in [0.2, 0.25) is 0 Å². The molecule has 116 valence electrons. The first-order valence-electron chi connectivity index (χ1n) is 7.08. The molecule has 1 aliphatic heterocycles. The minimum absolute atomic E-state index is 0.0402. The fourth-order valence-electron chi connectivity index (χ4n) is 2.28. The Kier molecular flexibility index (Phi) is 5.41. The lowest BCUT2D eigenvalue weighted by molar-refractivity contribution is -0.0463. The number of carbonyl (C=O) groups is 1. The number of methoxy groups -OCH3 is 1. The van der Waals surface area contributed by atoms with Crippen LogP contribution in [0.15, 0.2) is 18.2 Å². The van der Waals surface area contributed by atoms with Gasteiger partial charge in [0, 0.05) is 13.1 Å². The highest BCUT2D eigenvalue weighted by Gasteiger charge is 2.20. The maximum Gasteiger partial charge on any atom is 0.337 e. The molecule has 2 rings (SSSR count). The van der Waals surface area contributed by atoms with Crippen LogP contribution < -0.4 is 10.5 Å². The molecule has 1 aromatic carbocycles. The zero-order valence-corrected chi connectivity index (χ0v) is 12.5. The molecule has 0 bridgehead atoms. The quantitative estimate of drug-likeness (QED) is 0.649. The van der Waals surface area contributed by atoms with Crippen LogP contribution in [0.25, 0.3) is 0 Å². The number of likely N-dealkylation sites (N-methyl/N-ethyl adjacent to an activating group) is 1. The third kappa shape index (κ3) is 4.09. The number of morpholine rings is 1. The molecule has 6 nitrogen and oxygen atoms in total. The van der Waals surface area contributed by atoms with Crippen molar-refractivity contribution in [3.05, 3.63) is 23.8 Å². The number of nitrogens with zero attached hydrogens (tertiary/aromatic N) is 1. The predicted octanol–water partition coefficient (Wildman–Crippen LogP) is 1.15. The van der Waals surface area contributed by atoms with Crippen molar-refractivity contribution in [2.75, 3.05) is 45.7 Å². The molecular weight excluding hydrogens is 272 g/mol. The standard InChI is InChI=1S/C15H22N2O4/c1-3-17-6-7-20-12(9-17)10-21-14-5-4-11(8-13(14)16)15(18)19-2/h4-5,8,12H,3,6-7,9-10,16H2,1-2H3. The van der Waals surface area contributed by atoms with Gasteiger partial charge in [0.25, 0.3) is 0 Å². The lowest BCUT2D eigenvalue weighted by Crippen LogP contribution is -2.44. The van der Waals surface area contributed by atoms with Crippen LogP contribution in [0.3, 0.4) is 0 Å². The van der Waals surface area contributed by atoms with Crippen LogP contribution in [0.1, 0.15) is 17.3 Å². The van der Waals surface area contributed by atoms with Gasteiger partial charge in [0.1, 0.15) is 18.5 Å². The number of nitrogens with two attached hydrogens (primary N) is 1. The maximum atomic E-state index is 11.4. The largest absolute Gasteiger partial charge is 0.489 e. The average molecular weight is 294 g/mol. The summed E-state index contributed by atoms with van der Waals surface area (Å²) < 4.78 is 16.0. The van der Waals surface area contributed by atoms with Gasteiger partial charge in [0.15, 0.2) is 0 Å².